The van der Waals surface area contributed by atoms with Gasteiger partial charge in [0.15, 0.2) is 0 Å². The Morgan fingerprint density at radius 3 is 2.61 bits per heavy atom. The van der Waals surface area contributed by atoms with Gasteiger partial charge < -0.3 is 9.47 Å². The van der Waals surface area contributed by atoms with Gasteiger partial charge in [-0.05, 0) is 93.0 Å². The Labute approximate surface area is 196 Å². The molecule has 0 aromatic heterocycles. The van der Waals surface area contributed by atoms with Gasteiger partial charge in [-0.15, -0.1) is 0 Å². The highest BCUT2D eigenvalue weighted by molar-refractivity contribution is 5.83. The number of carbonyl (C=O) groups is 1. The molecular weight excluding hydrogens is 417 g/mol. The van der Waals surface area contributed by atoms with E-state index in [1.165, 1.54) is 16.7 Å². The van der Waals surface area contributed by atoms with Crippen LogP contribution in [0, 0.1) is 5.41 Å². The molecule has 1 fully saturated rings. The number of allylic oxidation sites excluding steroid dienone is 1. The molecule has 0 unspecified atom stereocenters. The molecule has 176 valence electrons. The summed E-state index contributed by atoms with van der Waals surface area (Å²) in [4.78, 5) is 14.5. The van der Waals surface area contributed by atoms with Crippen LogP contribution >= 0.6 is 0 Å². The van der Waals surface area contributed by atoms with Gasteiger partial charge in [0.25, 0.3) is 0 Å². The molecule has 1 aliphatic carbocycles. The maximum Gasteiger partial charge on any atom is 0.316 e. The van der Waals surface area contributed by atoms with E-state index in [4.69, 9.17) is 9.47 Å². The Bertz CT molecular complexity index is 1010. The van der Waals surface area contributed by atoms with Crippen molar-refractivity contribution in [3.63, 3.8) is 0 Å². The third-order valence-electron chi connectivity index (χ3n) is 6.26. The summed E-state index contributed by atoms with van der Waals surface area (Å²) in [5.74, 6) is 1.25. The fourth-order valence-corrected chi connectivity index (χ4v) is 4.40. The number of likely N-dealkylation sites (tertiary alicyclic amines) is 1. The lowest BCUT2D eigenvalue weighted by Crippen LogP contribution is -2.26. The number of ether oxygens (including phenoxy) is 2. The highest BCUT2D eigenvalue weighted by atomic mass is 19.1. The van der Waals surface area contributed by atoms with E-state index in [2.05, 4.69) is 29.2 Å². The number of alkyl halides is 1. The molecule has 2 aromatic carbocycles. The number of rotatable bonds is 7. The smallest absolute Gasteiger partial charge is 0.316 e. The van der Waals surface area contributed by atoms with Crippen molar-refractivity contribution in [1.29, 1.82) is 0 Å². The minimum absolute atomic E-state index is 0.166. The molecule has 4 nitrogen and oxygen atoms in total. The van der Waals surface area contributed by atoms with E-state index in [1.807, 2.05) is 45.0 Å². The van der Waals surface area contributed by atoms with Crippen LogP contribution in [0.1, 0.15) is 56.7 Å². The molecule has 0 saturated carbocycles. The predicted molar refractivity (Wildman–Crippen MR) is 129 cm³/mol. The van der Waals surface area contributed by atoms with Crippen LogP contribution in [0.3, 0.4) is 0 Å². The quantitative estimate of drug-likeness (QED) is 0.392. The monoisotopic (exact) mass is 451 g/mol. The number of nitrogens with zero attached hydrogens (tertiary/aromatic N) is 1. The summed E-state index contributed by atoms with van der Waals surface area (Å²) in [7, 11) is 0. The van der Waals surface area contributed by atoms with Crippen LogP contribution in [0.25, 0.3) is 5.57 Å². The first-order valence-electron chi connectivity index (χ1n) is 11.9. The number of halogens is 1. The maximum absolute atomic E-state index is 12.4. The highest BCUT2D eigenvalue weighted by Crippen LogP contribution is 2.35. The van der Waals surface area contributed by atoms with Crippen molar-refractivity contribution >= 4 is 11.5 Å². The molecule has 4 rings (SSSR count). The zero-order valence-electron chi connectivity index (χ0n) is 19.9. The van der Waals surface area contributed by atoms with Gasteiger partial charge in [0.1, 0.15) is 17.6 Å². The summed E-state index contributed by atoms with van der Waals surface area (Å²) < 4.78 is 24.2. The average molecular weight is 452 g/mol. The molecular formula is C28H34FNO3. The van der Waals surface area contributed by atoms with Crippen LogP contribution < -0.4 is 9.47 Å². The van der Waals surface area contributed by atoms with Gasteiger partial charge in [-0.3, -0.25) is 14.1 Å². The van der Waals surface area contributed by atoms with Crippen molar-refractivity contribution in [2.24, 2.45) is 5.41 Å². The summed E-state index contributed by atoms with van der Waals surface area (Å²) in [5, 5.41) is 0. The second kappa shape index (κ2) is 10.1. The first kappa shape index (κ1) is 23.5. The van der Waals surface area contributed by atoms with Gasteiger partial charge in [0, 0.05) is 19.6 Å². The topological polar surface area (TPSA) is 38.8 Å². The minimum atomic E-state index is -0.532. The molecule has 5 heteroatoms. The molecule has 0 radical (unpaired) electrons. The number of fused-ring (bicyclic) bond motifs is 1. The second-order valence-corrected chi connectivity index (χ2v) is 10.0. The van der Waals surface area contributed by atoms with Gasteiger partial charge in [0.05, 0.1) is 12.1 Å². The first-order chi connectivity index (χ1) is 15.8. The second-order valence-electron chi connectivity index (χ2n) is 10.0. The molecule has 33 heavy (non-hydrogen) atoms. The van der Waals surface area contributed by atoms with Crippen molar-refractivity contribution in [2.45, 2.75) is 52.6 Å². The Hall–Kier alpha value is -2.66. The predicted octanol–water partition coefficient (Wildman–Crippen LogP) is 5.83. The lowest BCUT2D eigenvalue weighted by Gasteiger charge is -2.21. The number of hydrogen-bond donors (Lipinski definition) is 0. The molecule has 0 spiro atoms. The summed E-state index contributed by atoms with van der Waals surface area (Å²) in [6, 6.07) is 14.2. The molecule has 1 atom stereocenters. The maximum atomic E-state index is 12.4. The van der Waals surface area contributed by atoms with Crippen LogP contribution in [0.15, 0.2) is 48.5 Å². The molecule has 2 aromatic rings. The van der Waals surface area contributed by atoms with E-state index >= 15 is 0 Å². The summed E-state index contributed by atoms with van der Waals surface area (Å²) >= 11 is 0. The normalized spacial score (nSPS) is 18.5. The molecule has 2 aliphatic rings. The van der Waals surface area contributed by atoms with Gasteiger partial charge >= 0.3 is 5.97 Å². The highest BCUT2D eigenvalue weighted by Gasteiger charge is 2.25. The van der Waals surface area contributed by atoms with Crippen LogP contribution in [0.5, 0.6) is 11.5 Å². The van der Waals surface area contributed by atoms with E-state index < -0.39 is 5.41 Å². The Balaban J connectivity index is 1.42. The van der Waals surface area contributed by atoms with Crippen LogP contribution in [-0.4, -0.2) is 43.3 Å². The lowest BCUT2D eigenvalue weighted by atomic mass is 9.87. The van der Waals surface area contributed by atoms with Gasteiger partial charge in [0.2, 0.25) is 0 Å². The van der Waals surface area contributed by atoms with Gasteiger partial charge in [-0.2, -0.15) is 0 Å². The largest absolute Gasteiger partial charge is 0.489 e. The third-order valence-corrected chi connectivity index (χ3v) is 6.26. The summed E-state index contributed by atoms with van der Waals surface area (Å²) in [6.07, 6.45) is 5.90. The molecule has 1 heterocycles. The molecule has 0 amide bonds. The Morgan fingerprint density at radius 2 is 1.88 bits per heavy atom. The first-order valence-corrected chi connectivity index (χ1v) is 11.9. The Morgan fingerprint density at radius 1 is 1.12 bits per heavy atom. The number of esters is 1. The molecule has 1 saturated heterocycles. The molecule has 0 N–H and O–H groups in total. The lowest BCUT2D eigenvalue weighted by molar-refractivity contribution is -0.143. The van der Waals surface area contributed by atoms with E-state index in [0.29, 0.717) is 12.2 Å². The summed E-state index contributed by atoms with van der Waals surface area (Å²) in [5.41, 5.74) is 4.21. The molecule has 1 aliphatic heterocycles. The van der Waals surface area contributed by atoms with Crippen molar-refractivity contribution in [3.8, 4) is 11.5 Å². The van der Waals surface area contributed by atoms with E-state index in [9.17, 15) is 9.18 Å². The van der Waals surface area contributed by atoms with Gasteiger partial charge in [-0.1, -0.05) is 24.3 Å². The summed E-state index contributed by atoms with van der Waals surface area (Å²) in [6.45, 7) is 7.96. The third kappa shape index (κ3) is 5.83. The van der Waals surface area contributed by atoms with Crippen molar-refractivity contribution in [3.05, 3.63) is 65.2 Å². The zero-order valence-corrected chi connectivity index (χ0v) is 19.9. The Kier molecular flexibility index (Phi) is 7.18. The standard InChI is InChI=1S/C28H34FNO3/c1-28(2,3)27(31)33-23-12-13-26-21(18-23)6-4-7-25(26)20-8-10-22(11-9-20)32-24-14-17-30(19-24)16-5-15-29/h7-13,18,24H,4-6,14-17,19H2,1-3H3/t24-/m0/s1. The number of hydrogen-bond acceptors (Lipinski definition) is 4. The van der Waals surface area contributed by atoms with E-state index in [1.54, 1.807) is 0 Å². The van der Waals surface area contributed by atoms with Gasteiger partial charge in [-0.25, -0.2) is 0 Å². The van der Waals surface area contributed by atoms with Crippen molar-refractivity contribution < 1.29 is 18.7 Å². The fourth-order valence-electron chi connectivity index (χ4n) is 4.40. The van der Waals surface area contributed by atoms with Crippen LogP contribution in [0.2, 0.25) is 0 Å². The van der Waals surface area contributed by atoms with Crippen molar-refractivity contribution in [1.82, 2.24) is 4.90 Å². The van der Waals surface area contributed by atoms with Crippen LogP contribution in [-0.2, 0) is 11.2 Å². The molecule has 0 bridgehead atoms. The van der Waals surface area contributed by atoms with E-state index in [0.717, 1.165) is 50.2 Å². The number of benzene rings is 2. The SMILES string of the molecule is CC(C)(C)C(=O)Oc1ccc2c(c1)CCC=C2c1ccc(O[C@H]2CCN(CCCF)C2)cc1. The average Bonchev–Trinajstić information content (AvgIpc) is 3.24. The zero-order chi connectivity index (χ0) is 23.4. The number of carbonyl (C=O) groups excluding carboxylic acids is 1. The minimum Gasteiger partial charge on any atom is -0.489 e. The van der Waals surface area contributed by atoms with E-state index in [-0.39, 0.29) is 18.7 Å². The van der Waals surface area contributed by atoms with Crippen LogP contribution in [0.4, 0.5) is 4.39 Å². The van der Waals surface area contributed by atoms with Crippen molar-refractivity contribution in [2.75, 3.05) is 26.3 Å². The fraction of sp³-hybridized carbons (Fsp3) is 0.464. The number of aryl methyl sites for hydroxylation is 1.